The number of para-hydroxylation sites is 3. The number of nitrogens with zero attached hydrogens (tertiary/aromatic N) is 4. The van der Waals surface area contributed by atoms with Crippen LogP contribution in [0.4, 0.5) is 0 Å². The van der Waals surface area contributed by atoms with Gasteiger partial charge in [0.05, 0.1) is 33.5 Å². The summed E-state index contributed by atoms with van der Waals surface area (Å²) in [5.41, 5.74) is 21.5. The molecule has 0 N–H and O–H groups in total. The van der Waals surface area contributed by atoms with E-state index in [1.54, 1.807) is 0 Å². The molecule has 0 unspecified atom stereocenters. The molecule has 0 saturated carbocycles. The summed E-state index contributed by atoms with van der Waals surface area (Å²) in [4.78, 5) is 15.5. The van der Waals surface area contributed by atoms with Crippen LogP contribution in [0.25, 0.3) is 160 Å². The Morgan fingerprint density at radius 2 is 0.747 bits per heavy atom. The van der Waals surface area contributed by atoms with Gasteiger partial charge in [0, 0.05) is 33.2 Å². The van der Waals surface area contributed by atoms with E-state index in [1.165, 1.54) is 93.2 Å². The Labute approximate surface area is 529 Å². The molecule has 0 spiro atoms. The van der Waals surface area contributed by atoms with Gasteiger partial charge in [0.25, 0.3) is 0 Å². The van der Waals surface area contributed by atoms with E-state index < -0.39 is 0 Å². The highest BCUT2D eigenvalue weighted by molar-refractivity contribution is 6.22. The van der Waals surface area contributed by atoms with Crippen LogP contribution in [-0.4, -0.2) is 19.5 Å². The van der Waals surface area contributed by atoms with Crippen LogP contribution in [-0.2, 0) is 5.41 Å². The predicted octanol–water partition coefficient (Wildman–Crippen LogP) is 23.4. The van der Waals surface area contributed by atoms with E-state index >= 15 is 0 Å². The minimum absolute atomic E-state index is 0.115. The highest BCUT2D eigenvalue weighted by atomic mass is 15.1. The van der Waals surface area contributed by atoms with Crippen molar-refractivity contribution < 1.29 is 0 Å². The van der Waals surface area contributed by atoms with E-state index in [1.807, 2.05) is 6.07 Å². The second-order valence-electron chi connectivity index (χ2n) is 24.7. The minimum Gasteiger partial charge on any atom is -0.292 e. The molecule has 3 aromatic heterocycles. The van der Waals surface area contributed by atoms with E-state index in [9.17, 15) is 0 Å². The number of imidazole rings is 1. The van der Waals surface area contributed by atoms with Crippen LogP contribution in [0.2, 0.25) is 0 Å². The van der Waals surface area contributed by atoms with E-state index in [4.69, 9.17) is 15.0 Å². The molecule has 4 nitrogen and oxygen atoms in total. The molecule has 17 rings (SSSR count). The van der Waals surface area contributed by atoms with Gasteiger partial charge in [-0.2, -0.15) is 0 Å². The Morgan fingerprint density at radius 3 is 1.42 bits per heavy atom. The van der Waals surface area contributed by atoms with Crippen LogP contribution in [0.15, 0.2) is 322 Å². The lowest BCUT2D eigenvalue weighted by molar-refractivity contribution is 0.590. The number of hydrogen-bond donors (Lipinski definition) is 0. The maximum Gasteiger partial charge on any atom is 0.145 e. The van der Waals surface area contributed by atoms with Gasteiger partial charge < -0.3 is 0 Å². The van der Waals surface area contributed by atoms with Crippen LogP contribution in [0.3, 0.4) is 0 Å². The highest BCUT2D eigenvalue weighted by Crippen LogP contribution is 2.46. The van der Waals surface area contributed by atoms with Gasteiger partial charge in [-0.15, -0.1) is 0 Å². The van der Waals surface area contributed by atoms with Crippen molar-refractivity contribution in [1.82, 2.24) is 19.5 Å². The maximum absolute atomic E-state index is 5.29. The van der Waals surface area contributed by atoms with Crippen molar-refractivity contribution in [2.24, 2.45) is 0 Å². The molecule has 91 heavy (non-hydrogen) atoms. The lowest BCUT2D eigenvalue weighted by Gasteiger charge is -2.19. The second kappa shape index (κ2) is 22.8. The molecule has 17 aromatic rings. The first-order valence-electron chi connectivity index (χ1n) is 31.3. The number of fused-ring (bicyclic) bond motifs is 8. The van der Waals surface area contributed by atoms with Gasteiger partial charge in [-0.25, -0.2) is 15.0 Å². The Bertz CT molecular complexity index is 5590. The zero-order valence-corrected chi connectivity index (χ0v) is 50.9. The average molecular weight is 1160 g/mol. The topological polar surface area (TPSA) is 43.6 Å². The van der Waals surface area contributed by atoms with Gasteiger partial charge in [-0.3, -0.25) is 4.57 Å². The van der Waals surface area contributed by atoms with Crippen LogP contribution in [0.5, 0.6) is 0 Å². The summed E-state index contributed by atoms with van der Waals surface area (Å²) in [7, 11) is 0. The molecule has 0 aliphatic rings. The van der Waals surface area contributed by atoms with Crippen molar-refractivity contribution in [2.45, 2.75) is 26.2 Å². The average Bonchev–Trinajstić information content (AvgIpc) is 1.29. The fourth-order valence-corrected chi connectivity index (χ4v) is 13.4. The summed E-state index contributed by atoms with van der Waals surface area (Å²) < 4.78 is 2.25. The van der Waals surface area contributed by atoms with Gasteiger partial charge in [-0.05, 0) is 147 Å². The van der Waals surface area contributed by atoms with Gasteiger partial charge in [0.15, 0.2) is 0 Å². The number of aromatic nitrogens is 4. The fraction of sp³-hybridized carbons (Fsp3) is 0.0460. The van der Waals surface area contributed by atoms with Crippen LogP contribution in [0, 0.1) is 0 Å². The van der Waals surface area contributed by atoms with Gasteiger partial charge >= 0.3 is 0 Å². The monoisotopic (exact) mass is 1160 g/mol. The van der Waals surface area contributed by atoms with E-state index in [0.717, 1.165) is 72.4 Å². The second-order valence-corrected chi connectivity index (χ2v) is 24.7. The summed E-state index contributed by atoms with van der Waals surface area (Å²) in [6.45, 7) is 6.73. The zero-order chi connectivity index (χ0) is 61.0. The molecule has 0 aliphatic carbocycles. The SMILES string of the molecule is CC(C)(C)c1ccc(-c2ccc3ccc4ccc(-c5ccc(-c6ccc7ccccc7c6)c6ccccc56)nc4c3n2)cc1.c1ccc(-c2c3ccccc3c(-c3ccccc3)c3cc(-c4ccc(-c5nc6ccccc6n5-c5ccccc5)cc4)ccc23)cc1. The van der Waals surface area contributed by atoms with E-state index in [-0.39, 0.29) is 5.41 Å². The zero-order valence-electron chi connectivity index (χ0n) is 50.9. The molecule has 0 atom stereocenters. The predicted molar refractivity (Wildman–Crippen MR) is 385 cm³/mol. The molecular weight excluding hydrogens is 1100 g/mol. The van der Waals surface area contributed by atoms with E-state index in [2.05, 4.69) is 341 Å². The Morgan fingerprint density at radius 1 is 0.275 bits per heavy atom. The van der Waals surface area contributed by atoms with Gasteiger partial charge in [0.2, 0.25) is 0 Å². The van der Waals surface area contributed by atoms with Gasteiger partial charge in [-0.1, -0.05) is 294 Å². The number of benzene rings is 14. The van der Waals surface area contributed by atoms with Crippen LogP contribution < -0.4 is 0 Å². The smallest absolute Gasteiger partial charge is 0.145 e. The van der Waals surface area contributed by atoms with Gasteiger partial charge in [0.1, 0.15) is 5.82 Å². The van der Waals surface area contributed by atoms with Crippen molar-refractivity contribution in [3.05, 3.63) is 327 Å². The third-order valence-corrected chi connectivity index (χ3v) is 18.0. The molecule has 14 aromatic carbocycles. The lowest BCUT2D eigenvalue weighted by Crippen LogP contribution is -2.10. The summed E-state index contributed by atoms with van der Waals surface area (Å²) in [6.07, 6.45) is 0. The molecule has 0 radical (unpaired) electrons. The summed E-state index contributed by atoms with van der Waals surface area (Å²) in [6, 6.07) is 115. The Balaban J connectivity index is 0.000000146. The van der Waals surface area contributed by atoms with E-state index in [0.29, 0.717) is 0 Å². The number of hydrogen-bond acceptors (Lipinski definition) is 3. The third-order valence-electron chi connectivity index (χ3n) is 18.0. The molecule has 3 heterocycles. The van der Waals surface area contributed by atoms with Crippen molar-refractivity contribution >= 4 is 75.9 Å². The molecule has 4 heteroatoms. The Kier molecular flexibility index (Phi) is 13.8. The number of pyridine rings is 2. The fourth-order valence-electron chi connectivity index (χ4n) is 13.4. The largest absolute Gasteiger partial charge is 0.292 e. The maximum atomic E-state index is 5.29. The molecule has 430 valence electrons. The summed E-state index contributed by atoms with van der Waals surface area (Å²) >= 11 is 0. The summed E-state index contributed by atoms with van der Waals surface area (Å²) in [5.74, 6) is 0.938. The van der Waals surface area contributed by atoms with Crippen LogP contribution in [0.1, 0.15) is 26.3 Å². The highest BCUT2D eigenvalue weighted by Gasteiger charge is 2.20. The third kappa shape index (κ3) is 10.1. The first-order valence-corrected chi connectivity index (χ1v) is 31.3. The molecular formula is C87H62N4. The quantitative estimate of drug-likeness (QED) is 0.112. The van der Waals surface area contributed by atoms with Crippen LogP contribution >= 0.6 is 0 Å². The van der Waals surface area contributed by atoms with Crippen molar-refractivity contribution in [3.8, 4) is 84.1 Å². The first-order chi connectivity index (χ1) is 44.8. The Hall–Kier alpha value is -11.6. The summed E-state index contributed by atoms with van der Waals surface area (Å²) in [5, 5.41) is 12.1. The molecule has 0 aliphatic heterocycles. The lowest BCUT2D eigenvalue weighted by atomic mass is 9.85. The molecule has 0 amide bonds. The van der Waals surface area contributed by atoms with Crippen molar-refractivity contribution in [2.75, 3.05) is 0 Å². The standard InChI is InChI=1S/C45H30N2.C42H32N2/c1-4-14-32(15-5-1)43-37-20-10-11-21-38(37)44(33-16-6-2-7-17-33)40-30-35(28-29-39(40)43)31-24-26-34(27-25-31)45-46-41-22-12-13-23-42(41)47(45)36-18-8-3-9-19-36;1-42(2,3)33-20-16-28(17-21-33)38-24-18-29-13-14-30-19-25-39(44-41(30)40(29)43-38)37-23-22-34(35-10-6-7-11-36(35)37)32-15-12-27-8-4-5-9-31(27)26-32/h1-30H;4-26H,1-3H3. The first kappa shape index (κ1) is 54.8. The minimum atomic E-state index is 0.115. The normalized spacial score (nSPS) is 11.7. The van der Waals surface area contributed by atoms with Crippen molar-refractivity contribution in [3.63, 3.8) is 0 Å². The van der Waals surface area contributed by atoms with Crippen molar-refractivity contribution in [1.29, 1.82) is 0 Å². The molecule has 0 saturated heterocycles. The molecule has 0 fully saturated rings. The molecule has 0 bridgehead atoms. The number of rotatable bonds is 8.